The van der Waals surface area contributed by atoms with E-state index in [2.05, 4.69) is 10.3 Å². The number of nitrogens with one attached hydrogen (secondary N) is 1. The van der Waals surface area contributed by atoms with Crippen LogP contribution in [0.3, 0.4) is 0 Å². The molecule has 92 valence electrons. The zero-order valence-corrected chi connectivity index (χ0v) is 10.3. The Labute approximate surface area is 110 Å². The van der Waals surface area contributed by atoms with Gasteiger partial charge in [0, 0.05) is 23.6 Å². The molecule has 0 fully saturated rings. The molecule has 3 N–H and O–H groups in total. The monoisotopic (exact) mass is 249 g/mol. The lowest BCUT2D eigenvalue weighted by atomic mass is 10.1. The van der Waals surface area contributed by atoms with Crippen molar-refractivity contribution in [3.05, 3.63) is 47.2 Å². The summed E-state index contributed by atoms with van der Waals surface area (Å²) in [4.78, 5) is 4.19. The van der Waals surface area contributed by atoms with Crippen LogP contribution in [0.15, 0.2) is 30.5 Å². The number of hydrogen-bond acceptors (Lipinski definition) is 5. The first-order valence-corrected chi connectivity index (χ1v) is 5.57. The highest BCUT2D eigenvalue weighted by atomic mass is 15.0. The summed E-state index contributed by atoms with van der Waals surface area (Å²) in [6.45, 7) is 1.88. The summed E-state index contributed by atoms with van der Waals surface area (Å²) in [6, 6.07) is 10.6. The van der Waals surface area contributed by atoms with E-state index >= 15 is 0 Å². The standard InChI is InChI=1S/C14H11N5/c1-9-8-18-14(5-13(9)17)19-12-3-2-10(6-15)11(4-12)7-16/h2-5,8H,1H3,(H3,17,18,19). The van der Waals surface area contributed by atoms with Gasteiger partial charge in [-0.3, -0.25) is 0 Å². The summed E-state index contributed by atoms with van der Waals surface area (Å²) in [5, 5.41) is 20.8. The summed E-state index contributed by atoms with van der Waals surface area (Å²) in [6.07, 6.45) is 1.67. The molecule has 0 atom stereocenters. The SMILES string of the molecule is Cc1cnc(Nc2ccc(C#N)c(C#N)c2)cc1N. The van der Waals surface area contributed by atoms with Crippen molar-refractivity contribution in [1.29, 1.82) is 10.5 Å². The topological polar surface area (TPSA) is 98.5 Å². The van der Waals surface area contributed by atoms with Crippen molar-refractivity contribution < 1.29 is 0 Å². The minimum absolute atomic E-state index is 0.326. The van der Waals surface area contributed by atoms with Crippen LogP contribution in [-0.2, 0) is 0 Å². The molecule has 0 radical (unpaired) electrons. The second-order valence-corrected chi connectivity index (χ2v) is 4.04. The molecule has 1 aromatic carbocycles. The Morgan fingerprint density at radius 3 is 2.53 bits per heavy atom. The number of pyridine rings is 1. The zero-order chi connectivity index (χ0) is 13.8. The van der Waals surface area contributed by atoms with Crippen LogP contribution in [0.2, 0.25) is 0 Å². The second-order valence-electron chi connectivity index (χ2n) is 4.04. The van der Waals surface area contributed by atoms with Gasteiger partial charge in [-0.1, -0.05) is 0 Å². The maximum Gasteiger partial charge on any atom is 0.132 e. The fourth-order valence-electron chi connectivity index (χ4n) is 1.57. The van der Waals surface area contributed by atoms with E-state index in [-0.39, 0.29) is 0 Å². The van der Waals surface area contributed by atoms with Gasteiger partial charge < -0.3 is 11.1 Å². The highest BCUT2D eigenvalue weighted by molar-refractivity contribution is 5.64. The van der Waals surface area contributed by atoms with Crippen LogP contribution in [-0.4, -0.2) is 4.98 Å². The molecule has 0 bridgehead atoms. The number of hydrogen-bond donors (Lipinski definition) is 2. The average molecular weight is 249 g/mol. The van der Waals surface area contributed by atoms with Crippen LogP contribution < -0.4 is 11.1 Å². The fourth-order valence-corrected chi connectivity index (χ4v) is 1.57. The highest BCUT2D eigenvalue weighted by Gasteiger charge is 2.04. The van der Waals surface area contributed by atoms with Gasteiger partial charge in [-0.05, 0) is 30.7 Å². The van der Waals surface area contributed by atoms with Gasteiger partial charge in [0.2, 0.25) is 0 Å². The maximum absolute atomic E-state index is 8.96. The number of aromatic nitrogens is 1. The molecule has 2 aromatic rings. The number of nitriles is 2. The van der Waals surface area contributed by atoms with Gasteiger partial charge in [-0.25, -0.2) is 4.98 Å². The van der Waals surface area contributed by atoms with Crippen molar-refractivity contribution in [3.8, 4) is 12.1 Å². The summed E-state index contributed by atoms with van der Waals surface area (Å²) in [7, 11) is 0. The van der Waals surface area contributed by atoms with Gasteiger partial charge in [0.15, 0.2) is 0 Å². The molecule has 0 saturated heterocycles. The molecule has 5 heteroatoms. The first-order valence-electron chi connectivity index (χ1n) is 5.57. The summed E-state index contributed by atoms with van der Waals surface area (Å²) in [5.74, 6) is 0.594. The van der Waals surface area contributed by atoms with Gasteiger partial charge in [0.1, 0.15) is 18.0 Å². The Morgan fingerprint density at radius 1 is 1.16 bits per heavy atom. The first kappa shape index (κ1) is 12.4. The smallest absolute Gasteiger partial charge is 0.132 e. The molecule has 0 saturated carbocycles. The molecule has 0 unspecified atom stereocenters. The molecule has 5 nitrogen and oxygen atoms in total. The van der Waals surface area contributed by atoms with Crippen molar-refractivity contribution >= 4 is 17.2 Å². The van der Waals surface area contributed by atoms with Gasteiger partial charge in [-0.15, -0.1) is 0 Å². The van der Waals surface area contributed by atoms with Crippen LogP contribution >= 0.6 is 0 Å². The van der Waals surface area contributed by atoms with Crippen LogP contribution in [0.5, 0.6) is 0 Å². The Kier molecular flexibility index (Phi) is 3.31. The van der Waals surface area contributed by atoms with Gasteiger partial charge >= 0.3 is 0 Å². The quantitative estimate of drug-likeness (QED) is 0.851. The van der Waals surface area contributed by atoms with Gasteiger partial charge in [-0.2, -0.15) is 10.5 Å². The molecule has 19 heavy (non-hydrogen) atoms. The fraction of sp³-hybridized carbons (Fsp3) is 0.0714. The number of nitrogen functional groups attached to an aromatic ring is 1. The lowest BCUT2D eigenvalue weighted by Crippen LogP contribution is -1.98. The van der Waals surface area contributed by atoms with E-state index in [9.17, 15) is 0 Å². The molecule has 1 heterocycles. The predicted octanol–water partition coefficient (Wildman–Crippen LogP) is 2.46. The van der Waals surface area contributed by atoms with Crippen LogP contribution in [0, 0.1) is 29.6 Å². The lowest BCUT2D eigenvalue weighted by Gasteiger charge is -2.08. The third-order valence-corrected chi connectivity index (χ3v) is 2.68. The number of rotatable bonds is 2. The minimum Gasteiger partial charge on any atom is -0.398 e. The second kappa shape index (κ2) is 5.07. The number of aryl methyl sites for hydroxylation is 1. The Balaban J connectivity index is 2.32. The minimum atomic E-state index is 0.326. The highest BCUT2D eigenvalue weighted by Crippen LogP contribution is 2.20. The van der Waals surface area contributed by atoms with Crippen molar-refractivity contribution in [3.63, 3.8) is 0 Å². The largest absolute Gasteiger partial charge is 0.398 e. The number of anilines is 3. The first-order chi connectivity index (χ1) is 9.13. The molecule has 0 aliphatic rings. The van der Waals surface area contributed by atoms with Crippen molar-refractivity contribution in [1.82, 2.24) is 4.98 Å². The molecule has 1 aromatic heterocycles. The Morgan fingerprint density at radius 2 is 1.89 bits per heavy atom. The third-order valence-electron chi connectivity index (χ3n) is 2.68. The summed E-state index contributed by atoms with van der Waals surface area (Å²) in [5.41, 5.74) is 8.72. The summed E-state index contributed by atoms with van der Waals surface area (Å²) < 4.78 is 0. The van der Waals surface area contributed by atoms with Gasteiger partial charge in [0.25, 0.3) is 0 Å². The van der Waals surface area contributed by atoms with Crippen molar-refractivity contribution in [2.24, 2.45) is 0 Å². The number of nitrogens with two attached hydrogens (primary N) is 1. The molecule has 0 spiro atoms. The van der Waals surface area contributed by atoms with Gasteiger partial charge in [0.05, 0.1) is 11.1 Å². The molecule has 0 aliphatic heterocycles. The maximum atomic E-state index is 8.96. The molecular formula is C14H11N5. The third kappa shape index (κ3) is 2.62. The normalized spacial score (nSPS) is 9.42. The average Bonchev–Trinajstić information content (AvgIpc) is 2.43. The van der Waals surface area contributed by atoms with E-state index in [1.54, 1.807) is 30.5 Å². The van der Waals surface area contributed by atoms with E-state index in [0.717, 1.165) is 5.56 Å². The van der Waals surface area contributed by atoms with E-state index in [4.69, 9.17) is 16.3 Å². The van der Waals surface area contributed by atoms with Crippen molar-refractivity contribution in [2.75, 3.05) is 11.1 Å². The Bertz CT molecular complexity index is 707. The molecule has 0 amide bonds. The van der Waals surface area contributed by atoms with E-state index in [1.165, 1.54) is 0 Å². The Hall–Kier alpha value is -3.05. The molecule has 2 rings (SSSR count). The zero-order valence-electron chi connectivity index (χ0n) is 10.3. The van der Waals surface area contributed by atoms with Crippen LogP contribution in [0.25, 0.3) is 0 Å². The lowest BCUT2D eigenvalue weighted by molar-refractivity contribution is 1.26. The predicted molar refractivity (Wildman–Crippen MR) is 72.5 cm³/mol. The number of benzene rings is 1. The summed E-state index contributed by atoms with van der Waals surface area (Å²) >= 11 is 0. The number of nitrogens with zero attached hydrogens (tertiary/aromatic N) is 3. The van der Waals surface area contributed by atoms with Crippen molar-refractivity contribution in [2.45, 2.75) is 6.92 Å². The van der Waals surface area contributed by atoms with E-state index in [1.807, 2.05) is 19.1 Å². The van der Waals surface area contributed by atoms with Crippen LogP contribution in [0.4, 0.5) is 17.2 Å². The van der Waals surface area contributed by atoms with E-state index in [0.29, 0.717) is 28.3 Å². The molecular weight excluding hydrogens is 238 g/mol. The van der Waals surface area contributed by atoms with Crippen LogP contribution in [0.1, 0.15) is 16.7 Å². The van der Waals surface area contributed by atoms with E-state index < -0.39 is 0 Å². The molecule has 0 aliphatic carbocycles.